The molecular weight excluding hydrogens is 417 g/mol. The fraction of sp³-hybridized carbons (Fsp3) is 0. The molecule has 0 saturated carbocycles. The molecule has 3 aromatic rings. The Hall–Kier alpha value is -1.79. The summed E-state index contributed by atoms with van der Waals surface area (Å²) in [7, 11) is 0. The predicted octanol–water partition coefficient (Wildman–Crippen LogP) is 5.69. The van der Waals surface area contributed by atoms with E-state index >= 15 is 0 Å². The van der Waals surface area contributed by atoms with Gasteiger partial charge in [-0.05, 0) is 65.1 Å². The Morgan fingerprint density at radius 2 is 1.61 bits per heavy atom. The van der Waals surface area contributed by atoms with Crippen LogP contribution in [-0.4, -0.2) is 5.91 Å². The summed E-state index contributed by atoms with van der Waals surface area (Å²) in [4.78, 5) is 14.6. The van der Waals surface area contributed by atoms with E-state index in [1.165, 1.54) is 0 Å². The van der Waals surface area contributed by atoms with Crippen molar-refractivity contribution < 1.29 is 4.79 Å². The van der Waals surface area contributed by atoms with Gasteiger partial charge >= 0.3 is 0 Å². The van der Waals surface area contributed by atoms with Crippen molar-refractivity contribution in [1.29, 1.82) is 0 Å². The lowest BCUT2D eigenvalue weighted by atomic mass is 10.2. The molecule has 0 unspecified atom stereocenters. The van der Waals surface area contributed by atoms with E-state index in [9.17, 15) is 4.79 Å². The molecule has 0 fully saturated rings. The summed E-state index contributed by atoms with van der Waals surface area (Å²) in [6, 6.07) is 25.5. The van der Waals surface area contributed by atoms with Gasteiger partial charge in [0.25, 0.3) is 5.91 Å². The predicted molar refractivity (Wildman–Crippen MR) is 104 cm³/mol. The molecule has 2 nitrogen and oxygen atoms in total. The Morgan fingerprint density at radius 1 is 0.870 bits per heavy atom. The fourth-order valence-electron chi connectivity index (χ4n) is 2.10. The number of amides is 1. The Bertz CT molecular complexity index is 820. The molecule has 0 aliphatic carbocycles. The van der Waals surface area contributed by atoms with Gasteiger partial charge in [0.1, 0.15) is 0 Å². The van der Waals surface area contributed by atoms with Crippen LogP contribution in [0.3, 0.4) is 0 Å². The van der Waals surface area contributed by atoms with Gasteiger partial charge in [0, 0.05) is 18.9 Å². The van der Waals surface area contributed by atoms with Gasteiger partial charge < -0.3 is 5.32 Å². The maximum Gasteiger partial charge on any atom is 0.255 e. The van der Waals surface area contributed by atoms with E-state index in [0.29, 0.717) is 5.56 Å². The molecule has 0 radical (unpaired) electrons. The van der Waals surface area contributed by atoms with Crippen LogP contribution in [0, 0.1) is 3.57 Å². The normalized spacial score (nSPS) is 10.3. The molecule has 0 bridgehead atoms. The van der Waals surface area contributed by atoms with Crippen molar-refractivity contribution in [2.75, 3.05) is 5.32 Å². The highest BCUT2D eigenvalue weighted by molar-refractivity contribution is 14.1. The van der Waals surface area contributed by atoms with Gasteiger partial charge in [-0.3, -0.25) is 4.79 Å². The number of benzene rings is 3. The van der Waals surface area contributed by atoms with Gasteiger partial charge in [-0.25, -0.2) is 0 Å². The molecule has 0 heterocycles. The molecule has 0 saturated heterocycles. The molecule has 0 aromatic heterocycles. The number of hydrogen-bond donors (Lipinski definition) is 1. The van der Waals surface area contributed by atoms with Crippen LogP contribution in [0.4, 0.5) is 5.69 Å². The quantitative estimate of drug-likeness (QED) is 0.538. The Morgan fingerprint density at radius 3 is 2.39 bits per heavy atom. The molecule has 3 rings (SSSR count). The fourth-order valence-corrected chi connectivity index (χ4v) is 3.56. The number of anilines is 1. The van der Waals surface area contributed by atoms with Crippen molar-refractivity contribution in [3.63, 3.8) is 0 Å². The molecule has 1 N–H and O–H groups in total. The molecular formula is C19H14INOS. The summed E-state index contributed by atoms with van der Waals surface area (Å²) in [5.41, 5.74) is 1.49. The highest BCUT2D eigenvalue weighted by atomic mass is 127. The molecule has 0 aliphatic heterocycles. The van der Waals surface area contributed by atoms with Crippen molar-refractivity contribution in [1.82, 2.24) is 0 Å². The minimum Gasteiger partial charge on any atom is -0.321 e. The van der Waals surface area contributed by atoms with Crippen LogP contribution in [0.25, 0.3) is 0 Å². The molecule has 23 heavy (non-hydrogen) atoms. The van der Waals surface area contributed by atoms with Crippen molar-refractivity contribution in [3.8, 4) is 0 Å². The van der Waals surface area contributed by atoms with Crippen LogP contribution in [0.15, 0.2) is 88.7 Å². The van der Waals surface area contributed by atoms with Gasteiger partial charge in [0.2, 0.25) is 0 Å². The van der Waals surface area contributed by atoms with Crippen molar-refractivity contribution in [3.05, 3.63) is 88.0 Å². The minimum absolute atomic E-state index is 0.0929. The van der Waals surface area contributed by atoms with E-state index in [1.807, 2.05) is 66.7 Å². The van der Waals surface area contributed by atoms with Crippen molar-refractivity contribution in [2.24, 2.45) is 0 Å². The SMILES string of the molecule is O=C(Nc1ccccc1Sc1ccccc1)c1cccc(I)c1. The Balaban J connectivity index is 1.82. The van der Waals surface area contributed by atoms with Crippen molar-refractivity contribution in [2.45, 2.75) is 9.79 Å². The number of halogens is 1. The van der Waals surface area contributed by atoms with Crippen LogP contribution < -0.4 is 5.32 Å². The summed E-state index contributed by atoms with van der Waals surface area (Å²) in [5.74, 6) is -0.0929. The second-order valence-corrected chi connectivity index (χ2v) is 7.24. The number of hydrogen-bond acceptors (Lipinski definition) is 2. The first-order valence-corrected chi connectivity index (χ1v) is 9.01. The third-order valence-corrected chi connectivity index (χ3v) is 4.95. The summed E-state index contributed by atoms with van der Waals surface area (Å²) in [6.07, 6.45) is 0. The zero-order chi connectivity index (χ0) is 16.1. The lowest BCUT2D eigenvalue weighted by molar-refractivity contribution is 0.102. The number of para-hydroxylation sites is 1. The molecule has 0 aliphatic rings. The van der Waals surface area contributed by atoms with E-state index < -0.39 is 0 Å². The summed E-state index contributed by atoms with van der Waals surface area (Å²) < 4.78 is 1.04. The van der Waals surface area contributed by atoms with E-state index in [0.717, 1.165) is 19.0 Å². The molecule has 1 amide bonds. The third-order valence-electron chi connectivity index (χ3n) is 3.19. The summed E-state index contributed by atoms with van der Waals surface area (Å²) >= 11 is 3.85. The van der Waals surface area contributed by atoms with E-state index in [4.69, 9.17) is 0 Å². The van der Waals surface area contributed by atoms with Crippen LogP contribution in [0.5, 0.6) is 0 Å². The first kappa shape index (κ1) is 16.1. The molecule has 0 atom stereocenters. The van der Waals surface area contributed by atoms with Gasteiger partial charge in [-0.1, -0.05) is 48.2 Å². The minimum atomic E-state index is -0.0929. The third kappa shape index (κ3) is 4.36. The topological polar surface area (TPSA) is 29.1 Å². The molecule has 3 aromatic carbocycles. The first-order valence-electron chi connectivity index (χ1n) is 7.11. The Kier molecular flexibility index (Phi) is 5.35. The number of carbonyl (C=O) groups is 1. The smallest absolute Gasteiger partial charge is 0.255 e. The number of carbonyl (C=O) groups excluding carboxylic acids is 1. The Labute approximate surface area is 153 Å². The molecule has 0 spiro atoms. The number of rotatable bonds is 4. The van der Waals surface area contributed by atoms with E-state index in [1.54, 1.807) is 11.8 Å². The van der Waals surface area contributed by atoms with Gasteiger partial charge in [0.15, 0.2) is 0 Å². The van der Waals surface area contributed by atoms with Gasteiger partial charge in [-0.15, -0.1) is 0 Å². The second kappa shape index (κ2) is 7.66. The summed E-state index contributed by atoms with van der Waals surface area (Å²) in [5, 5.41) is 3.01. The van der Waals surface area contributed by atoms with Crippen molar-refractivity contribution >= 4 is 45.9 Å². The standard InChI is InChI=1S/C19H14INOS/c20-15-8-6-7-14(13-15)19(22)21-17-11-4-5-12-18(17)23-16-9-2-1-3-10-16/h1-13H,(H,21,22). The zero-order valence-corrected chi connectivity index (χ0v) is 15.2. The zero-order valence-electron chi connectivity index (χ0n) is 12.2. The van der Waals surface area contributed by atoms with Crippen LogP contribution in [-0.2, 0) is 0 Å². The lowest BCUT2D eigenvalue weighted by Crippen LogP contribution is -2.12. The average Bonchev–Trinajstić information content (AvgIpc) is 2.57. The highest BCUT2D eigenvalue weighted by Gasteiger charge is 2.10. The van der Waals surface area contributed by atoms with E-state index in [-0.39, 0.29) is 5.91 Å². The summed E-state index contributed by atoms with van der Waals surface area (Å²) in [6.45, 7) is 0. The second-order valence-electron chi connectivity index (χ2n) is 4.88. The highest BCUT2D eigenvalue weighted by Crippen LogP contribution is 2.33. The van der Waals surface area contributed by atoms with Gasteiger partial charge in [-0.2, -0.15) is 0 Å². The monoisotopic (exact) mass is 431 g/mol. The molecule has 4 heteroatoms. The van der Waals surface area contributed by atoms with Crippen LogP contribution in [0.1, 0.15) is 10.4 Å². The maximum atomic E-state index is 12.4. The first-order chi connectivity index (χ1) is 11.2. The molecule has 114 valence electrons. The van der Waals surface area contributed by atoms with E-state index in [2.05, 4.69) is 40.0 Å². The van der Waals surface area contributed by atoms with Crippen LogP contribution >= 0.6 is 34.4 Å². The average molecular weight is 431 g/mol. The van der Waals surface area contributed by atoms with Gasteiger partial charge in [0.05, 0.1) is 5.69 Å². The largest absolute Gasteiger partial charge is 0.321 e. The maximum absolute atomic E-state index is 12.4. The lowest BCUT2D eigenvalue weighted by Gasteiger charge is -2.11. The number of nitrogens with one attached hydrogen (secondary N) is 1. The van der Waals surface area contributed by atoms with Crippen LogP contribution in [0.2, 0.25) is 0 Å².